The van der Waals surface area contributed by atoms with Crippen LogP contribution in [0.15, 0.2) is 48.5 Å². The summed E-state index contributed by atoms with van der Waals surface area (Å²) in [6.45, 7) is 0.166. The van der Waals surface area contributed by atoms with Crippen molar-refractivity contribution in [3.8, 4) is 0 Å². The fourth-order valence-corrected chi connectivity index (χ4v) is 2.44. The summed E-state index contributed by atoms with van der Waals surface area (Å²) in [5.74, 6) is -0.997. The highest BCUT2D eigenvalue weighted by Crippen LogP contribution is 2.19. The van der Waals surface area contributed by atoms with E-state index in [9.17, 15) is 14.4 Å². The number of carbonyl (C=O) groups excluding carboxylic acids is 3. The van der Waals surface area contributed by atoms with Crippen LogP contribution in [0.2, 0.25) is 0 Å². The summed E-state index contributed by atoms with van der Waals surface area (Å²) >= 11 is 0. The minimum Gasteiger partial charge on any atom is -0.457 e. The number of amides is 2. The molecule has 3 N–H and O–H groups in total. The van der Waals surface area contributed by atoms with Crippen molar-refractivity contribution in [2.24, 2.45) is 0 Å². The number of hydrogen-bond donors (Lipinski definition) is 2. The van der Waals surface area contributed by atoms with E-state index in [1.54, 1.807) is 12.1 Å². The Morgan fingerprint density at radius 3 is 2.56 bits per heavy atom. The van der Waals surface area contributed by atoms with Crippen LogP contribution < -0.4 is 11.1 Å². The number of alkyl carbamates (subject to hydrolysis) is 1. The van der Waals surface area contributed by atoms with Crippen LogP contribution in [0.5, 0.6) is 0 Å². The normalized spacial score (nSPS) is 16.2. The molecule has 7 heteroatoms. The van der Waals surface area contributed by atoms with Gasteiger partial charge in [0.05, 0.1) is 5.56 Å². The van der Waals surface area contributed by atoms with Crippen molar-refractivity contribution in [1.29, 1.82) is 0 Å². The molecule has 2 amide bonds. The molecule has 0 bridgehead atoms. The number of nitrogen functional groups attached to an aromatic ring is 1. The Kier molecular flexibility index (Phi) is 4.65. The highest BCUT2D eigenvalue weighted by Gasteiger charge is 2.32. The number of rotatable bonds is 5. The highest BCUT2D eigenvalue weighted by molar-refractivity contribution is 6.00. The summed E-state index contributed by atoms with van der Waals surface area (Å²) in [6.07, 6.45) is -1.54. The molecule has 0 radical (unpaired) electrons. The van der Waals surface area contributed by atoms with Gasteiger partial charge in [-0.25, -0.2) is 9.59 Å². The molecular weight excluding hydrogens is 324 g/mol. The molecule has 1 heterocycles. The van der Waals surface area contributed by atoms with Crippen LogP contribution in [0.3, 0.4) is 0 Å². The number of cyclic esters (lactones) is 1. The summed E-state index contributed by atoms with van der Waals surface area (Å²) in [5, 5.41) is 2.05. The Bertz CT molecular complexity index is 819. The molecule has 0 spiro atoms. The fraction of sp³-hybridized carbons (Fsp3) is 0.167. The zero-order chi connectivity index (χ0) is 17.8. The van der Waals surface area contributed by atoms with E-state index in [1.165, 1.54) is 6.07 Å². The van der Waals surface area contributed by atoms with Crippen molar-refractivity contribution in [1.82, 2.24) is 5.32 Å². The molecule has 25 heavy (non-hydrogen) atoms. The van der Waals surface area contributed by atoms with Crippen molar-refractivity contribution >= 4 is 23.7 Å². The lowest BCUT2D eigenvalue weighted by Gasteiger charge is -2.11. The molecule has 1 unspecified atom stereocenters. The van der Waals surface area contributed by atoms with Gasteiger partial charge in [-0.3, -0.25) is 10.1 Å². The van der Waals surface area contributed by atoms with Gasteiger partial charge < -0.3 is 15.2 Å². The number of esters is 1. The minimum atomic E-state index is -0.911. The maximum Gasteiger partial charge on any atom is 0.414 e. The number of nitrogens with one attached hydrogen (secondary N) is 1. The first-order valence-electron chi connectivity index (χ1n) is 7.64. The van der Waals surface area contributed by atoms with E-state index < -0.39 is 24.1 Å². The lowest BCUT2D eigenvalue weighted by molar-refractivity contribution is -0.123. The van der Waals surface area contributed by atoms with E-state index in [1.807, 2.05) is 30.3 Å². The molecule has 1 aliphatic rings. The first-order chi connectivity index (χ1) is 12.0. The number of anilines is 1. The highest BCUT2D eigenvalue weighted by atomic mass is 16.6. The van der Waals surface area contributed by atoms with Gasteiger partial charge in [0.2, 0.25) is 0 Å². The molecule has 2 aromatic rings. The largest absolute Gasteiger partial charge is 0.457 e. The zero-order valence-electron chi connectivity index (χ0n) is 13.2. The second kappa shape index (κ2) is 7.04. The van der Waals surface area contributed by atoms with Gasteiger partial charge in [-0.2, -0.15) is 0 Å². The van der Waals surface area contributed by atoms with E-state index >= 15 is 0 Å². The van der Waals surface area contributed by atoms with Crippen LogP contribution in [0.4, 0.5) is 10.5 Å². The topological polar surface area (TPSA) is 108 Å². The van der Waals surface area contributed by atoms with Crippen molar-refractivity contribution in [2.75, 3.05) is 5.73 Å². The number of ether oxygens (including phenoxy) is 2. The van der Waals surface area contributed by atoms with Crippen LogP contribution in [-0.2, 0) is 27.3 Å². The van der Waals surface area contributed by atoms with Gasteiger partial charge >= 0.3 is 12.1 Å². The van der Waals surface area contributed by atoms with Crippen molar-refractivity contribution in [2.45, 2.75) is 19.1 Å². The quantitative estimate of drug-likeness (QED) is 0.635. The van der Waals surface area contributed by atoms with Gasteiger partial charge in [0.1, 0.15) is 6.61 Å². The average Bonchev–Trinajstić information content (AvgIpc) is 2.92. The third-order valence-electron chi connectivity index (χ3n) is 3.77. The number of imide groups is 1. The van der Waals surface area contributed by atoms with Gasteiger partial charge in [-0.05, 0) is 23.3 Å². The number of benzene rings is 2. The number of carbonyl (C=O) groups is 3. The van der Waals surface area contributed by atoms with E-state index in [2.05, 4.69) is 5.32 Å². The first kappa shape index (κ1) is 16.5. The van der Waals surface area contributed by atoms with Crippen molar-refractivity contribution in [3.05, 3.63) is 65.2 Å². The predicted octanol–water partition coefficient (Wildman–Crippen LogP) is 1.80. The number of hydrogen-bond acceptors (Lipinski definition) is 6. The van der Waals surface area contributed by atoms with Crippen molar-refractivity contribution < 1.29 is 23.9 Å². The molecule has 3 rings (SSSR count). The standard InChI is InChI=1S/C18H16N2O5/c19-14-8-13(17(22)24-10-11-4-2-1-3-5-11)7-6-12(14)9-15-16(21)20-18(23)25-15/h1-8,15H,9-10,19H2,(H,20,21,23). The van der Waals surface area contributed by atoms with Crippen molar-refractivity contribution in [3.63, 3.8) is 0 Å². The zero-order valence-corrected chi connectivity index (χ0v) is 13.2. The second-order valence-corrected chi connectivity index (χ2v) is 5.56. The Morgan fingerprint density at radius 1 is 1.16 bits per heavy atom. The molecular formula is C18H16N2O5. The second-order valence-electron chi connectivity index (χ2n) is 5.56. The monoisotopic (exact) mass is 340 g/mol. The van der Waals surface area contributed by atoms with E-state index in [-0.39, 0.29) is 13.0 Å². The molecule has 2 aromatic carbocycles. The van der Waals surface area contributed by atoms with E-state index in [0.29, 0.717) is 16.8 Å². The molecule has 0 saturated carbocycles. The molecule has 128 valence electrons. The van der Waals surface area contributed by atoms with Crippen LogP contribution in [0.1, 0.15) is 21.5 Å². The SMILES string of the molecule is Nc1cc(C(=O)OCc2ccccc2)ccc1CC1OC(=O)NC1=O. The molecule has 0 aliphatic carbocycles. The Hall–Kier alpha value is -3.35. The van der Waals surface area contributed by atoms with Crippen LogP contribution in [-0.4, -0.2) is 24.1 Å². The van der Waals surface area contributed by atoms with E-state index in [4.69, 9.17) is 15.2 Å². The van der Waals surface area contributed by atoms with Gasteiger partial charge in [0.15, 0.2) is 6.10 Å². The molecule has 1 fully saturated rings. The van der Waals surface area contributed by atoms with Crippen LogP contribution in [0, 0.1) is 0 Å². The summed E-state index contributed by atoms with van der Waals surface area (Å²) in [4.78, 5) is 34.7. The van der Waals surface area contributed by atoms with Gasteiger partial charge in [-0.15, -0.1) is 0 Å². The summed E-state index contributed by atoms with van der Waals surface area (Å²) < 4.78 is 10.1. The Morgan fingerprint density at radius 2 is 1.92 bits per heavy atom. The minimum absolute atomic E-state index is 0.142. The average molecular weight is 340 g/mol. The smallest absolute Gasteiger partial charge is 0.414 e. The van der Waals surface area contributed by atoms with Crippen LogP contribution >= 0.6 is 0 Å². The van der Waals surface area contributed by atoms with Gasteiger partial charge in [0.25, 0.3) is 5.91 Å². The maximum absolute atomic E-state index is 12.1. The molecule has 1 aliphatic heterocycles. The van der Waals surface area contributed by atoms with Gasteiger partial charge in [0, 0.05) is 12.1 Å². The maximum atomic E-state index is 12.1. The first-order valence-corrected chi connectivity index (χ1v) is 7.64. The summed E-state index contributed by atoms with van der Waals surface area (Å²) in [6, 6.07) is 14.0. The molecule has 1 atom stereocenters. The van der Waals surface area contributed by atoms with Crippen LogP contribution in [0.25, 0.3) is 0 Å². The summed E-state index contributed by atoms with van der Waals surface area (Å²) in [7, 11) is 0. The van der Waals surface area contributed by atoms with Gasteiger partial charge in [-0.1, -0.05) is 36.4 Å². The summed E-state index contributed by atoms with van der Waals surface area (Å²) in [5.41, 5.74) is 8.07. The molecule has 0 aromatic heterocycles. The lowest BCUT2D eigenvalue weighted by atomic mass is 10.0. The molecule has 1 saturated heterocycles. The third kappa shape index (κ3) is 3.95. The number of nitrogens with two attached hydrogens (primary N) is 1. The molecule has 7 nitrogen and oxygen atoms in total. The Labute approximate surface area is 143 Å². The Balaban J connectivity index is 1.64. The predicted molar refractivity (Wildman–Crippen MR) is 88.5 cm³/mol. The van der Waals surface area contributed by atoms with E-state index in [0.717, 1.165) is 5.56 Å². The third-order valence-corrected chi connectivity index (χ3v) is 3.77. The lowest BCUT2D eigenvalue weighted by Crippen LogP contribution is -2.26. The fourth-order valence-electron chi connectivity index (χ4n) is 2.44.